The Morgan fingerprint density at radius 3 is 2.60 bits per heavy atom. The number of hydrogen-bond acceptors (Lipinski definition) is 1. The number of nitrogens with two attached hydrogens (primary N) is 1. The van der Waals surface area contributed by atoms with Gasteiger partial charge in [-0.3, -0.25) is 0 Å². The molecule has 2 heteroatoms. The van der Waals surface area contributed by atoms with Crippen molar-refractivity contribution in [3.63, 3.8) is 0 Å². The zero-order chi connectivity index (χ0) is 7.40. The molecule has 2 atom stereocenters. The molecular formula is C8H16BrN. The van der Waals surface area contributed by atoms with Crippen LogP contribution < -0.4 is 5.73 Å². The molecule has 0 saturated heterocycles. The maximum absolute atomic E-state index is 5.60. The van der Waals surface area contributed by atoms with Gasteiger partial charge < -0.3 is 5.73 Å². The van der Waals surface area contributed by atoms with Crippen molar-refractivity contribution in [3.8, 4) is 0 Å². The highest BCUT2D eigenvalue weighted by molar-refractivity contribution is 9.09. The van der Waals surface area contributed by atoms with Gasteiger partial charge in [-0.1, -0.05) is 22.4 Å². The van der Waals surface area contributed by atoms with E-state index in [0.29, 0.717) is 0 Å². The predicted octanol–water partition coefficient (Wildman–Crippen LogP) is 2.15. The standard InChI is InChI=1S/C8H16BrN/c9-5-7-2-1-3-8(4-7)6-10/h7-8H,1-6,10H2/t7-,8+/m0/s1. The van der Waals surface area contributed by atoms with Gasteiger partial charge in [0.05, 0.1) is 0 Å². The minimum absolute atomic E-state index is 0.816. The van der Waals surface area contributed by atoms with Crippen LogP contribution in [0, 0.1) is 11.8 Å². The second kappa shape index (κ2) is 4.35. The van der Waals surface area contributed by atoms with Gasteiger partial charge in [0.1, 0.15) is 0 Å². The van der Waals surface area contributed by atoms with Crippen molar-refractivity contribution in [2.45, 2.75) is 25.7 Å². The molecule has 1 aliphatic rings. The quantitative estimate of drug-likeness (QED) is 0.688. The van der Waals surface area contributed by atoms with Crippen LogP contribution in [-0.2, 0) is 0 Å². The summed E-state index contributed by atoms with van der Waals surface area (Å²) < 4.78 is 0. The first kappa shape index (κ1) is 8.54. The van der Waals surface area contributed by atoms with E-state index in [2.05, 4.69) is 15.9 Å². The van der Waals surface area contributed by atoms with E-state index < -0.39 is 0 Å². The third kappa shape index (κ3) is 2.24. The summed E-state index contributed by atoms with van der Waals surface area (Å²) in [6, 6.07) is 0. The molecule has 0 aromatic carbocycles. The molecule has 0 aromatic rings. The maximum atomic E-state index is 5.60. The van der Waals surface area contributed by atoms with Crippen LogP contribution in [0.15, 0.2) is 0 Å². The SMILES string of the molecule is NC[C@@H]1CCC[C@H](CBr)C1. The molecule has 0 spiro atoms. The molecule has 0 aliphatic heterocycles. The van der Waals surface area contributed by atoms with Crippen molar-refractivity contribution in [2.75, 3.05) is 11.9 Å². The number of halogens is 1. The third-order valence-electron chi connectivity index (χ3n) is 2.44. The van der Waals surface area contributed by atoms with Gasteiger partial charge in [-0.05, 0) is 37.6 Å². The molecule has 1 rings (SSSR count). The summed E-state index contributed by atoms with van der Waals surface area (Å²) in [7, 11) is 0. The summed E-state index contributed by atoms with van der Waals surface area (Å²) in [4.78, 5) is 0. The topological polar surface area (TPSA) is 26.0 Å². The fourth-order valence-electron chi connectivity index (χ4n) is 1.76. The molecule has 10 heavy (non-hydrogen) atoms. The second-order valence-corrected chi connectivity index (χ2v) is 3.94. The molecular weight excluding hydrogens is 190 g/mol. The molecule has 0 bridgehead atoms. The van der Waals surface area contributed by atoms with E-state index in [-0.39, 0.29) is 0 Å². The molecule has 0 amide bonds. The van der Waals surface area contributed by atoms with Gasteiger partial charge in [-0.2, -0.15) is 0 Å². The average Bonchev–Trinajstić information content (AvgIpc) is 2.05. The van der Waals surface area contributed by atoms with Crippen LogP contribution >= 0.6 is 15.9 Å². The van der Waals surface area contributed by atoms with Gasteiger partial charge in [0.15, 0.2) is 0 Å². The molecule has 1 nitrogen and oxygen atoms in total. The van der Waals surface area contributed by atoms with Crippen LogP contribution in [0.4, 0.5) is 0 Å². The Labute approximate surface area is 71.5 Å². The van der Waals surface area contributed by atoms with Crippen molar-refractivity contribution >= 4 is 15.9 Å². The largest absolute Gasteiger partial charge is 0.330 e. The summed E-state index contributed by atoms with van der Waals surface area (Å²) in [6.07, 6.45) is 5.50. The lowest BCUT2D eigenvalue weighted by atomic mass is 9.82. The highest BCUT2D eigenvalue weighted by atomic mass is 79.9. The zero-order valence-electron chi connectivity index (χ0n) is 6.35. The van der Waals surface area contributed by atoms with E-state index in [1.807, 2.05) is 0 Å². The Hall–Kier alpha value is 0.440. The van der Waals surface area contributed by atoms with Crippen molar-refractivity contribution in [2.24, 2.45) is 17.6 Å². The van der Waals surface area contributed by atoms with Gasteiger partial charge in [0.2, 0.25) is 0 Å². The summed E-state index contributed by atoms with van der Waals surface area (Å²) in [5, 5.41) is 1.17. The summed E-state index contributed by atoms with van der Waals surface area (Å²) in [5.74, 6) is 1.72. The van der Waals surface area contributed by atoms with Crippen LogP contribution in [0.3, 0.4) is 0 Å². The van der Waals surface area contributed by atoms with Crippen LogP contribution in [0.1, 0.15) is 25.7 Å². The summed E-state index contributed by atoms with van der Waals surface area (Å²) in [6.45, 7) is 0.892. The first-order valence-corrected chi connectivity index (χ1v) is 5.25. The van der Waals surface area contributed by atoms with Crippen LogP contribution in [-0.4, -0.2) is 11.9 Å². The third-order valence-corrected chi connectivity index (χ3v) is 3.36. The Kier molecular flexibility index (Phi) is 3.71. The first-order valence-electron chi connectivity index (χ1n) is 4.12. The molecule has 0 heterocycles. The van der Waals surface area contributed by atoms with Gasteiger partial charge in [-0.25, -0.2) is 0 Å². The van der Waals surface area contributed by atoms with Gasteiger partial charge in [0.25, 0.3) is 0 Å². The molecule has 0 unspecified atom stereocenters. The smallest absolute Gasteiger partial charge is 0.00597 e. The lowest BCUT2D eigenvalue weighted by Crippen LogP contribution is -2.23. The van der Waals surface area contributed by atoms with Crippen molar-refractivity contribution < 1.29 is 0 Å². The van der Waals surface area contributed by atoms with Crippen molar-refractivity contribution in [1.29, 1.82) is 0 Å². The lowest BCUT2D eigenvalue weighted by molar-refractivity contribution is 0.293. The molecule has 60 valence electrons. The first-order chi connectivity index (χ1) is 4.86. The Morgan fingerprint density at radius 1 is 1.30 bits per heavy atom. The molecule has 1 fully saturated rings. The van der Waals surface area contributed by atoms with Gasteiger partial charge >= 0.3 is 0 Å². The highest BCUT2D eigenvalue weighted by Crippen LogP contribution is 2.29. The monoisotopic (exact) mass is 205 g/mol. The van der Waals surface area contributed by atoms with E-state index >= 15 is 0 Å². The van der Waals surface area contributed by atoms with Crippen molar-refractivity contribution in [1.82, 2.24) is 0 Å². The molecule has 1 aliphatic carbocycles. The van der Waals surface area contributed by atoms with E-state index in [1.54, 1.807) is 0 Å². The van der Waals surface area contributed by atoms with E-state index in [1.165, 1.54) is 31.0 Å². The van der Waals surface area contributed by atoms with Gasteiger partial charge in [0, 0.05) is 5.33 Å². The maximum Gasteiger partial charge on any atom is 0.00597 e. The van der Waals surface area contributed by atoms with Crippen LogP contribution in [0.5, 0.6) is 0 Å². The lowest BCUT2D eigenvalue weighted by Gasteiger charge is -2.26. The zero-order valence-corrected chi connectivity index (χ0v) is 7.94. The number of rotatable bonds is 2. The predicted molar refractivity (Wildman–Crippen MR) is 48.3 cm³/mol. The average molecular weight is 206 g/mol. The van der Waals surface area contributed by atoms with Crippen LogP contribution in [0.25, 0.3) is 0 Å². The molecule has 0 radical (unpaired) electrons. The number of hydrogen-bond donors (Lipinski definition) is 1. The normalized spacial score (nSPS) is 34.2. The Bertz CT molecular complexity index is 85.3. The minimum Gasteiger partial charge on any atom is -0.330 e. The second-order valence-electron chi connectivity index (χ2n) is 3.29. The molecule has 2 N–H and O–H groups in total. The molecule has 1 saturated carbocycles. The highest BCUT2D eigenvalue weighted by Gasteiger charge is 2.19. The minimum atomic E-state index is 0.816. The summed E-state index contributed by atoms with van der Waals surface area (Å²) >= 11 is 3.53. The Morgan fingerprint density at radius 2 is 2.00 bits per heavy atom. The number of alkyl halides is 1. The van der Waals surface area contributed by atoms with Crippen molar-refractivity contribution in [3.05, 3.63) is 0 Å². The van der Waals surface area contributed by atoms with E-state index in [9.17, 15) is 0 Å². The molecule has 0 aromatic heterocycles. The fourth-order valence-corrected chi connectivity index (χ4v) is 2.34. The van der Waals surface area contributed by atoms with E-state index in [0.717, 1.165) is 18.4 Å². The van der Waals surface area contributed by atoms with Crippen LogP contribution in [0.2, 0.25) is 0 Å². The summed E-state index contributed by atoms with van der Waals surface area (Å²) in [5.41, 5.74) is 5.60. The van der Waals surface area contributed by atoms with Gasteiger partial charge in [-0.15, -0.1) is 0 Å². The fraction of sp³-hybridized carbons (Fsp3) is 1.00. The van der Waals surface area contributed by atoms with E-state index in [4.69, 9.17) is 5.73 Å². The Balaban J connectivity index is 2.25.